The van der Waals surface area contributed by atoms with Crippen LogP contribution < -0.4 is 4.74 Å². The van der Waals surface area contributed by atoms with Crippen LogP contribution in [0.5, 0.6) is 5.75 Å². The van der Waals surface area contributed by atoms with Crippen LogP contribution in [0, 0.1) is 5.21 Å². The fourth-order valence-corrected chi connectivity index (χ4v) is 4.36. The van der Waals surface area contributed by atoms with E-state index < -0.39 is 11.4 Å². The second-order valence-electron chi connectivity index (χ2n) is 7.64. The Morgan fingerprint density at radius 3 is 2.71 bits per heavy atom. The lowest BCUT2D eigenvalue weighted by molar-refractivity contribution is -0.861. The van der Waals surface area contributed by atoms with Crippen molar-refractivity contribution in [2.24, 2.45) is 0 Å². The molecule has 0 fully saturated rings. The number of para-hydroxylation sites is 1. The third-order valence-corrected chi connectivity index (χ3v) is 5.74. The summed E-state index contributed by atoms with van der Waals surface area (Å²) in [5, 5.41) is 23.5. The van der Waals surface area contributed by atoms with E-state index in [1.54, 1.807) is 31.3 Å². The maximum absolute atomic E-state index is 12.8. The van der Waals surface area contributed by atoms with Crippen molar-refractivity contribution in [3.63, 3.8) is 0 Å². The topological polar surface area (TPSA) is 69.6 Å². The standard InChI is InChI=1S/C22H26ClNO4/c1-3-12-24(2,27)13-6-11-22(21(25)26)18-7-4-5-8-20(18)28-15-16-9-10-17(23)14-19(16)22/h4-5,7-10,14H,3,6,11-13,15H2,1-2H3,(H,25,26). The highest BCUT2D eigenvalue weighted by Gasteiger charge is 2.46. The molecule has 0 amide bonds. The van der Waals surface area contributed by atoms with Crippen molar-refractivity contribution >= 4 is 17.6 Å². The maximum atomic E-state index is 12.8. The number of rotatable bonds is 7. The second kappa shape index (κ2) is 8.11. The average molecular weight is 404 g/mol. The summed E-state index contributed by atoms with van der Waals surface area (Å²) in [5.41, 5.74) is 0.752. The highest BCUT2D eigenvalue weighted by atomic mass is 35.5. The Bertz CT molecular complexity index is 867. The summed E-state index contributed by atoms with van der Waals surface area (Å²) < 4.78 is 5.57. The van der Waals surface area contributed by atoms with E-state index in [0.717, 1.165) is 12.0 Å². The molecule has 2 aromatic rings. The number of carboxylic acids is 1. The molecule has 1 N–H and O–H groups in total. The fraction of sp³-hybridized carbons (Fsp3) is 0.409. The van der Waals surface area contributed by atoms with Crippen LogP contribution in [0.1, 0.15) is 42.9 Å². The largest absolute Gasteiger partial charge is 0.633 e. The number of benzene rings is 2. The van der Waals surface area contributed by atoms with E-state index in [0.29, 0.717) is 47.8 Å². The van der Waals surface area contributed by atoms with Crippen LogP contribution in [0.25, 0.3) is 0 Å². The normalized spacial score (nSPS) is 20.3. The number of hydrogen-bond acceptors (Lipinski definition) is 3. The van der Waals surface area contributed by atoms with Crippen LogP contribution in [0.3, 0.4) is 0 Å². The van der Waals surface area contributed by atoms with Gasteiger partial charge in [0.2, 0.25) is 0 Å². The first-order chi connectivity index (χ1) is 13.3. The molecule has 0 bridgehead atoms. The summed E-state index contributed by atoms with van der Waals surface area (Å²) >= 11 is 6.25. The molecular weight excluding hydrogens is 378 g/mol. The first-order valence-electron chi connectivity index (χ1n) is 9.60. The number of carbonyl (C=O) groups is 1. The van der Waals surface area contributed by atoms with Crippen molar-refractivity contribution in [3.05, 3.63) is 69.4 Å². The van der Waals surface area contributed by atoms with Crippen LogP contribution in [-0.4, -0.2) is 35.9 Å². The minimum atomic E-state index is -1.31. The highest BCUT2D eigenvalue weighted by molar-refractivity contribution is 6.30. The number of quaternary nitrogens is 1. The van der Waals surface area contributed by atoms with Gasteiger partial charge in [-0.05, 0) is 48.6 Å². The Labute approximate surface area is 170 Å². The van der Waals surface area contributed by atoms with E-state index in [4.69, 9.17) is 16.3 Å². The van der Waals surface area contributed by atoms with Crippen LogP contribution in [0.4, 0.5) is 0 Å². The van der Waals surface area contributed by atoms with Gasteiger partial charge < -0.3 is 19.7 Å². The van der Waals surface area contributed by atoms with Crippen LogP contribution >= 0.6 is 11.6 Å². The molecule has 3 rings (SSSR count). The SMILES string of the molecule is CCC[N+](C)([O-])CCCC1(C(=O)O)c2cc(Cl)ccc2COc2ccccc21. The summed E-state index contributed by atoms with van der Waals surface area (Å²) in [6.45, 7) is 3.14. The van der Waals surface area contributed by atoms with Gasteiger partial charge in [-0.2, -0.15) is 0 Å². The van der Waals surface area contributed by atoms with Crippen molar-refractivity contribution in [1.29, 1.82) is 0 Å². The number of ether oxygens (including phenoxy) is 1. The van der Waals surface area contributed by atoms with Crippen LogP contribution in [0.2, 0.25) is 5.02 Å². The molecular formula is C22H26ClNO4. The number of halogens is 1. The summed E-state index contributed by atoms with van der Waals surface area (Å²) in [4.78, 5) is 12.8. The van der Waals surface area contributed by atoms with Gasteiger partial charge in [0.1, 0.15) is 17.8 Å². The summed E-state index contributed by atoms with van der Waals surface area (Å²) in [6.07, 6.45) is 1.57. The minimum Gasteiger partial charge on any atom is -0.633 e. The Morgan fingerprint density at radius 2 is 2.00 bits per heavy atom. The van der Waals surface area contributed by atoms with Gasteiger partial charge >= 0.3 is 5.97 Å². The van der Waals surface area contributed by atoms with Gasteiger partial charge in [0.25, 0.3) is 0 Å². The maximum Gasteiger partial charge on any atom is 0.318 e. The average Bonchev–Trinajstić information content (AvgIpc) is 2.77. The first kappa shape index (κ1) is 20.6. The summed E-state index contributed by atoms with van der Waals surface area (Å²) in [7, 11) is 1.64. The lowest BCUT2D eigenvalue weighted by Gasteiger charge is -2.40. The number of carboxylic acid groups (broad SMARTS) is 1. The number of aliphatic carboxylic acids is 1. The van der Waals surface area contributed by atoms with Crippen molar-refractivity contribution < 1.29 is 19.3 Å². The van der Waals surface area contributed by atoms with E-state index in [9.17, 15) is 15.1 Å². The molecule has 2 aromatic carbocycles. The van der Waals surface area contributed by atoms with Gasteiger partial charge in [-0.25, -0.2) is 0 Å². The minimum absolute atomic E-state index is 0.281. The third-order valence-electron chi connectivity index (χ3n) is 5.51. The number of nitrogens with zero attached hydrogens (tertiary/aromatic N) is 1. The number of fused-ring (bicyclic) bond motifs is 2. The van der Waals surface area contributed by atoms with E-state index in [-0.39, 0.29) is 11.3 Å². The van der Waals surface area contributed by atoms with E-state index >= 15 is 0 Å². The summed E-state index contributed by atoms with van der Waals surface area (Å²) in [5.74, 6) is -0.394. The number of hydrogen-bond donors (Lipinski definition) is 1. The molecule has 1 aliphatic heterocycles. The molecule has 0 aliphatic carbocycles. The highest BCUT2D eigenvalue weighted by Crippen LogP contribution is 2.46. The molecule has 0 saturated heterocycles. The van der Waals surface area contributed by atoms with Gasteiger partial charge in [-0.3, -0.25) is 4.79 Å². The Kier molecular flexibility index (Phi) is 5.98. The Hall–Kier alpha value is -2.08. The molecule has 1 aliphatic rings. The second-order valence-corrected chi connectivity index (χ2v) is 8.08. The van der Waals surface area contributed by atoms with Crippen molar-refractivity contribution in [3.8, 4) is 5.75 Å². The van der Waals surface area contributed by atoms with Crippen LogP contribution in [-0.2, 0) is 16.8 Å². The zero-order chi connectivity index (χ0) is 20.4. The Balaban J connectivity index is 2.10. The molecule has 0 aromatic heterocycles. The van der Waals surface area contributed by atoms with Gasteiger partial charge in [-0.15, -0.1) is 0 Å². The van der Waals surface area contributed by atoms with E-state index in [2.05, 4.69) is 0 Å². The van der Waals surface area contributed by atoms with Crippen molar-refractivity contribution in [2.75, 3.05) is 20.1 Å². The zero-order valence-corrected chi connectivity index (χ0v) is 17.0. The molecule has 6 heteroatoms. The molecule has 150 valence electrons. The quantitative estimate of drug-likeness (QED) is 0.535. The lowest BCUT2D eigenvalue weighted by Crippen LogP contribution is -2.42. The predicted octanol–water partition coefficient (Wildman–Crippen LogP) is 4.74. The molecule has 2 unspecified atom stereocenters. The predicted molar refractivity (Wildman–Crippen MR) is 109 cm³/mol. The number of hydroxylamine groups is 3. The van der Waals surface area contributed by atoms with E-state index in [1.807, 2.05) is 25.1 Å². The lowest BCUT2D eigenvalue weighted by atomic mass is 9.70. The van der Waals surface area contributed by atoms with E-state index in [1.165, 1.54) is 0 Å². The van der Waals surface area contributed by atoms with Gasteiger partial charge in [-0.1, -0.05) is 42.8 Å². The zero-order valence-electron chi connectivity index (χ0n) is 16.3. The third kappa shape index (κ3) is 3.88. The van der Waals surface area contributed by atoms with Gasteiger partial charge in [0, 0.05) is 10.6 Å². The molecule has 0 radical (unpaired) electrons. The molecule has 5 nitrogen and oxygen atoms in total. The van der Waals surface area contributed by atoms with Crippen molar-refractivity contribution in [1.82, 2.24) is 0 Å². The van der Waals surface area contributed by atoms with Gasteiger partial charge in [0.15, 0.2) is 0 Å². The van der Waals surface area contributed by atoms with Crippen LogP contribution in [0.15, 0.2) is 42.5 Å². The molecule has 28 heavy (non-hydrogen) atoms. The molecule has 0 saturated carbocycles. The Morgan fingerprint density at radius 1 is 1.25 bits per heavy atom. The molecule has 0 spiro atoms. The monoisotopic (exact) mass is 403 g/mol. The fourth-order valence-electron chi connectivity index (χ4n) is 4.19. The van der Waals surface area contributed by atoms with Crippen molar-refractivity contribution in [2.45, 2.75) is 38.2 Å². The molecule has 2 atom stereocenters. The van der Waals surface area contributed by atoms with Gasteiger partial charge in [0.05, 0.1) is 20.1 Å². The smallest absolute Gasteiger partial charge is 0.318 e. The summed E-state index contributed by atoms with van der Waals surface area (Å²) in [6, 6.07) is 12.6. The molecule has 1 heterocycles. The first-order valence-corrected chi connectivity index (χ1v) is 9.98.